The van der Waals surface area contributed by atoms with Crippen LogP contribution in [0.1, 0.15) is 18.6 Å². The Kier molecular flexibility index (Phi) is 3.00. The van der Waals surface area contributed by atoms with E-state index in [1.807, 2.05) is 0 Å². The molecule has 0 bridgehead atoms. The molecule has 0 radical (unpaired) electrons. The van der Waals surface area contributed by atoms with Gasteiger partial charge in [0.05, 0.1) is 6.26 Å². The fraction of sp³-hybridized carbons (Fsp3) is 0.375. The van der Waals surface area contributed by atoms with E-state index in [4.69, 9.17) is 4.18 Å². The quantitative estimate of drug-likeness (QED) is 0.687. The molecule has 4 nitrogen and oxygen atoms in total. The van der Waals surface area contributed by atoms with Crippen molar-refractivity contribution < 1.29 is 12.6 Å². The molecule has 72 valence electrons. The van der Waals surface area contributed by atoms with E-state index in [9.17, 15) is 8.42 Å². The summed E-state index contributed by atoms with van der Waals surface area (Å²) in [5.74, 6) is 0. The van der Waals surface area contributed by atoms with Crippen LogP contribution in [0, 0.1) is 0 Å². The minimum absolute atomic E-state index is 0.483. The second kappa shape index (κ2) is 3.85. The fourth-order valence-corrected chi connectivity index (χ4v) is 1.57. The zero-order valence-electron chi connectivity index (χ0n) is 7.47. The molecule has 0 aromatic carbocycles. The molecule has 0 unspecified atom stereocenters. The van der Waals surface area contributed by atoms with Crippen molar-refractivity contribution in [3.63, 3.8) is 0 Å². The largest absolute Gasteiger partial charge is 0.264 e. The van der Waals surface area contributed by atoms with Gasteiger partial charge >= 0.3 is 0 Å². The van der Waals surface area contributed by atoms with Gasteiger partial charge in [0.2, 0.25) is 0 Å². The summed E-state index contributed by atoms with van der Waals surface area (Å²) in [6.07, 6.45) is 3.75. The number of hydrogen-bond acceptors (Lipinski definition) is 4. The van der Waals surface area contributed by atoms with Crippen molar-refractivity contribution in [3.8, 4) is 0 Å². The minimum atomic E-state index is -3.40. The molecule has 0 aliphatic rings. The van der Waals surface area contributed by atoms with Crippen molar-refractivity contribution in [1.29, 1.82) is 0 Å². The lowest BCUT2D eigenvalue weighted by atomic mass is 10.2. The van der Waals surface area contributed by atoms with Gasteiger partial charge in [0.1, 0.15) is 6.10 Å². The molecule has 0 aliphatic carbocycles. The van der Waals surface area contributed by atoms with Gasteiger partial charge in [-0.25, -0.2) is 0 Å². The molecule has 1 atom stereocenters. The summed E-state index contributed by atoms with van der Waals surface area (Å²) in [5.41, 5.74) is 0.743. The molecule has 0 N–H and O–H groups in total. The van der Waals surface area contributed by atoms with Crippen LogP contribution in [0.2, 0.25) is 0 Å². The number of rotatable bonds is 3. The molecule has 0 aliphatic heterocycles. The first kappa shape index (κ1) is 10.1. The number of pyridine rings is 1. The van der Waals surface area contributed by atoms with E-state index >= 15 is 0 Å². The Labute approximate surface area is 77.7 Å². The molecule has 0 amide bonds. The fourth-order valence-electron chi connectivity index (χ4n) is 0.934. The first-order chi connectivity index (χ1) is 5.99. The molecule has 1 aromatic rings. The van der Waals surface area contributed by atoms with Crippen molar-refractivity contribution in [3.05, 3.63) is 30.1 Å². The number of aromatic nitrogens is 1. The Morgan fingerprint density at radius 3 is 2.69 bits per heavy atom. The summed E-state index contributed by atoms with van der Waals surface area (Å²) in [6, 6.07) is 3.50. The third kappa shape index (κ3) is 3.52. The summed E-state index contributed by atoms with van der Waals surface area (Å²) in [7, 11) is -3.40. The lowest BCUT2D eigenvalue weighted by Gasteiger charge is -2.09. The van der Waals surface area contributed by atoms with Gasteiger partial charge in [-0.2, -0.15) is 8.42 Å². The normalized spacial score (nSPS) is 14.0. The van der Waals surface area contributed by atoms with Gasteiger partial charge in [-0.1, -0.05) is 6.07 Å². The molecule has 1 aromatic heterocycles. The van der Waals surface area contributed by atoms with Crippen LogP contribution in [0.5, 0.6) is 0 Å². The summed E-state index contributed by atoms with van der Waals surface area (Å²) in [4.78, 5) is 3.86. The molecule has 0 fully saturated rings. The Bertz CT molecular complexity index is 360. The van der Waals surface area contributed by atoms with Gasteiger partial charge < -0.3 is 0 Å². The monoisotopic (exact) mass is 201 g/mol. The zero-order chi connectivity index (χ0) is 9.90. The molecule has 13 heavy (non-hydrogen) atoms. The molecule has 1 heterocycles. The van der Waals surface area contributed by atoms with E-state index in [1.54, 1.807) is 31.5 Å². The average Bonchev–Trinajstić information content (AvgIpc) is 2.03. The van der Waals surface area contributed by atoms with Crippen LogP contribution in [0.15, 0.2) is 24.5 Å². The summed E-state index contributed by atoms with van der Waals surface area (Å²) in [5, 5.41) is 0. The average molecular weight is 201 g/mol. The lowest BCUT2D eigenvalue weighted by Crippen LogP contribution is -2.07. The maximum Gasteiger partial charge on any atom is 0.264 e. The van der Waals surface area contributed by atoms with E-state index in [2.05, 4.69) is 4.98 Å². The van der Waals surface area contributed by atoms with Crippen LogP contribution in [0.4, 0.5) is 0 Å². The van der Waals surface area contributed by atoms with Gasteiger partial charge in [0, 0.05) is 18.0 Å². The Balaban J connectivity index is 2.76. The maximum absolute atomic E-state index is 10.8. The van der Waals surface area contributed by atoms with E-state index in [0.29, 0.717) is 0 Å². The Hall–Kier alpha value is -0.940. The SMILES string of the molecule is C[C@@H](OS(C)(=O)=O)c1cccnc1. The molecule has 5 heteroatoms. The van der Waals surface area contributed by atoms with Crippen LogP contribution in [0.3, 0.4) is 0 Å². The van der Waals surface area contributed by atoms with Crippen molar-refractivity contribution in [2.45, 2.75) is 13.0 Å². The molecule has 0 spiro atoms. The van der Waals surface area contributed by atoms with Crippen molar-refractivity contribution in [2.75, 3.05) is 6.26 Å². The standard InChI is InChI=1S/C8H11NO3S/c1-7(12-13(2,10)11)8-4-3-5-9-6-8/h3-7H,1-2H3/t7-/m1/s1. The van der Waals surface area contributed by atoms with E-state index in [-0.39, 0.29) is 0 Å². The second-order valence-electron chi connectivity index (χ2n) is 2.73. The molecule has 1 rings (SSSR count). The van der Waals surface area contributed by atoms with E-state index in [1.165, 1.54) is 0 Å². The summed E-state index contributed by atoms with van der Waals surface area (Å²) in [6.45, 7) is 1.66. The molecule has 0 saturated carbocycles. The first-order valence-electron chi connectivity index (χ1n) is 3.77. The third-order valence-corrected chi connectivity index (χ3v) is 2.11. The highest BCUT2D eigenvalue weighted by Gasteiger charge is 2.11. The van der Waals surface area contributed by atoms with Crippen molar-refractivity contribution >= 4 is 10.1 Å². The highest BCUT2D eigenvalue weighted by molar-refractivity contribution is 7.86. The van der Waals surface area contributed by atoms with Crippen LogP contribution < -0.4 is 0 Å². The Morgan fingerprint density at radius 1 is 1.54 bits per heavy atom. The van der Waals surface area contributed by atoms with Crippen molar-refractivity contribution in [1.82, 2.24) is 4.98 Å². The van der Waals surface area contributed by atoms with Gasteiger partial charge in [-0.05, 0) is 13.0 Å². The summed E-state index contributed by atoms with van der Waals surface area (Å²) < 4.78 is 26.3. The van der Waals surface area contributed by atoms with Gasteiger partial charge in [-0.15, -0.1) is 0 Å². The van der Waals surface area contributed by atoms with Crippen LogP contribution in [0.25, 0.3) is 0 Å². The maximum atomic E-state index is 10.8. The third-order valence-electron chi connectivity index (χ3n) is 1.47. The predicted octanol–water partition coefficient (Wildman–Crippen LogP) is 1.12. The zero-order valence-corrected chi connectivity index (χ0v) is 8.28. The van der Waals surface area contributed by atoms with Gasteiger partial charge in [0.25, 0.3) is 10.1 Å². The highest BCUT2D eigenvalue weighted by Crippen LogP contribution is 2.16. The summed E-state index contributed by atoms with van der Waals surface area (Å²) >= 11 is 0. The number of hydrogen-bond donors (Lipinski definition) is 0. The highest BCUT2D eigenvalue weighted by atomic mass is 32.2. The number of nitrogens with zero attached hydrogens (tertiary/aromatic N) is 1. The van der Waals surface area contributed by atoms with Crippen LogP contribution >= 0.6 is 0 Å². The van der Waals surface area contributed by atoms with Gasteiger partial charge in [-0.3, -0.25) is 9.17 Å². The van der Waals surface area contributed by atoms with Gasteiger partial charge in [0.15, 0.2) is 0 Å². The van der Waals surface area contributed by atoms with E-state index in [0.717, 1.165) is 11.8 Å². The molecule has 0 saturated heterocycles. The minimum Gasteiger partial charge on any atom is -0.264 e. The molecular weight excluding hydrogens is 190 g/mol. The Morgan fingerprint density at radius 2 is 2.23 bits per heavy atom. The topological polar surface area (TPSA) is 56.3 Å². The first-order valence-corrected chi connectivity index (χ1v) is 5.59. The molecular formula is C8H11NO3S. The smallest absolute Gasteiger partial charge is 0.264 e. The lowest BCUT2D eigenvalue weighted by molar-refractivity contribution is 0.236. The van der Waals surface area contributed by atoms with Crippen LogP contribution in [-0.4, -0.2) is 19.7 Å². The van der Waals surface area contributed by atoms with Crippen molar-refractivity contribution in [2.24, 2.45) is 0 Å². The predicted molar refractivity (Wildman–Crippen MR) is 48.6 cm³/mol. The van der Waals surface area contributed by atoms with Crippen LogP contribution in [-0.2, 0) is 14.3 Å². The van der Waals surface area contributed by atoms with E-state index < -0.39 is 16.2 Å². The second-order valence-corrected chi connectivity index (χ2v) is 4.33.